The number of rotatable bonds is 4. The first kappa shape index (κ1) is 11.2. The molecule has 1 aromatic heterocycles. The first-order chi connectivity index (χ1) is 7.79. The van der Waals surface area contributed by atoms with Crippen molar-refractivity contribution >= 4 is 11.6 Å². The van der Waals surface area contributed by atoms with E-state index in [1.165, 1.54) is 5.56 Å². The van der Waals surface area contributed by atoms with Gasteiger partial charge < -0.3 is 10.2 Å². The third-order valence-electron chi connectivity index (χ3n) is 2.65. The molecule has 0 radical (unpaired) electrons. The Morgan fingerprint density at radius 1 is 1.19 bits per heavy atom. The first-order valence-electron chi connectivity index (χ1n) is 5.27. The van der Waals surface area contributed by atoms with Gasteiger partial charge in [-0.05, 0) is 36.4 Å². The Morgan fingerprint density at radius 2 is 1.94 bits per heavy atom. The molecule has 1 atom stereocenters. The summed E-state index contributed by atoms with van der Waals surface area (Å²) in [4.78, 5) is 0. The van der Waals surface area contributed by atoms with Gasteiger partial charge >= 0.3 is 0 Å². The van der Waals surface area contributed by atoms with E-state index in [1.807, 2.05) is 36.4 Å². The maximum Gasteiger partial charge on any atom is 0.104 e. The van der Waals surface area contributed by atoms with Crippen LogP contribution in [-0.4, -0.2) is 6.54 Å². The molecule has 0 bridgehead atoms. The van der Waals surface area contributed by atoms with Crippen molar-refractivity contribution in [2.75, 3.05) is 6.54 Å². The van der Waals surface area contributed by atoms with Gasteiger partial charge in [-0.25, -0.2) is 0 Å². The van der Waals surface area contributed by atoms with E-state index in [-0.39, 0.29) is 5.92 Å². The molecular formula is C13H14ClNO. The molecule has 0 saturated carbocycles. The molecule has 0 aliphatic heterocycles. The predicted octanol–water partition coefficient (Wildman–Crippen LogP) is 3.22. The average molecular weight is 236 g/mol. The van der Waals surface area contributed by atoms with Crippen LogP contribution in [0.4, 0.5) is 0 Å². The fourth-order valence-corrected chi connectivity index (χ4v) is 1.87. The molecule has 2 N–H and O–H groups in total. The monoisotopic (exact) mass is 235 g/mol. The van der Waals surface area contributed by atoms with Crippen LogP contribution in [0.1, 0.15) is 17.2 Å². The largest absolute Gasteiger partial charge is 0.469 e. The molecule has 2 rings (SSSR count). The van der Waals surface area contributed by atoms with Crippen LogP contribution in [0, 0.1) is 0 Å². The lowest BCUT2D eigenvalue weighted by Crippen LogP contribution is -2.14. The second kappa shape index (κ2) is 5.19. The van der Waals surface area contributed by atoms with E-state index in [2.05, 4.69) is 0 Å². The zero-order chi connectivity index (χ0) is 11.4. The zero-order valence-electron chi connectivity index (χ0n) is 8.90. The number of nitrogens with two attached hydrogens (primary N) is 1. The number of hydrogen-bond acceptors (Lipinski definition) is 2. The van der Waals surface area contributed by atoms with Gasteiger partial charge in [0.25, 0.3) is 0 Å². The second-order valence-corrected chi connectivity index (χ2v) is 4.20. The van der Waals surface area contributed by atoms with Gasteiger partial charge in [-0.15, -0.1) is 0 Å². The highest BCUT2D eigenvalue weighted by molar-refractivity contribution is 6.30. The van der Waals surface area contributed by atoms with E-state index >= 15 is 0 Å². The van der Waals surface area contributed by atoms with E-state index in [1.54, 1.807) is 6.26 Å². The molecule has 2 aromatic rings. The summed E-state index contributed by atoms with van der Waals surface area (Å²) in [6.45, 7) is 0.600. The molecular weight excluding hydrogens is 222 g/mol. The van der Waals surface area contributed by atoms with Crippen molar-refractivity contribution in [3.63, 3.8) is 0 Å². The molecule has 2 nitrogen and oxygen atoms in total. The normalized spacial score (nSPS) is 12.6. The fourth-order valence-electron chi connectivity index (χ4n) is 1.74. The topological polar surface area (TPSA) is 39.2 Å². The molecule has 0 fully saturated rings. The summed E-state index contributed by atoms with van der Waals surface area (Å²) in [6, 6.07) is 11.7. The SMILES string of the molecule is NCC(Cc1ccco1)c1ccc(Cl)cc1. The second-order valence-electron chi connectivity index (χ2n) is 3.77. The van der Waals surface area contributed by atoms with Crippen LogP contribution in [0.15, 0.2) is 47.1 Å². The number of benzene rings is 1. The highest BCUT2D eigenvalue weighted by Crippen LogP contribution is 2.21. The summed E-state index contributed by atoms with van der Waals surface area (Å²) >= 11 is 5.85. The molecule has 3 heteroatoms. The van der Waals surface area contributed by atoms with E-state index in [4.69, 9.17) is 21.8 Å². The van der Waals surface area contributed by atoms with Crippen molar-refractivity contribution in [2.24, 2.45) is 5.73 Å². The minimum absolute atomic E-state index is 0.281. The molecule has 0 saturated heterocycles. The molecule has 0 aliphatic carbocycles. The molecule has 0 spiro atoms. The van der Waals surface area contributed by atoms with Gasteiger partial charge in [-0.3, -0.25) is 0 Å². The van der Waals surface area contributed by atoms with Crippen LogP contribution < -0.4 is 5.73 Å². The Kier molecular flexibility index (Phi) is 3.65. The number of hydrogen-bond donors (Lipinski definition) is 1. The van der Waals surface area contributed by atoms with Crippen molar-refractivity contribution in [3.8, 4) is 0 Å². The maximum atomic E-state index is 5.85. The van der Waals surface area contributed by atoms with Crippen molar-refractivity contribution in [2.45, 2.75) is 12.3 Å². The van der Waals surface area contributed by atoms with Gasteiger partial charge in [0.05, 0.1) is 6.26 Å². The maximum absolute atomic E-state index is 5.85. The van der Waals surface area contributed by atoms with Crippen LogP contribution in [0.2, 0.25) is 5.02 Å². The molecule has 0 amide bonds. The molecule has 1 aromatic carbocycles. The lowest BCUT2D eigenvalue weighted by Gasteiger charge is -2.13. The summed E-state index contributed by atoms with van der Waals surface area (Å²) in [5.41, 5.74) is 6.98. The van der Waals surface area contributed by atoms with Gasteiger partial charge in [0.1, 0.15) is 5.76 Å². The molecule has 84 valence electrons. The Labute approximate surface area is 100 Å². The summed E-state index contributed by atoms with van der Waals surface area (Å²) in [5.74, 6) is 1.24. The molecule has 1 heterocycles. The fraction of sp³-hybridized carbons (Fsp3) is 0.231. The van der Waals surface area contributed by atoms with Crippen LogP contribution >= 0.6 is 11.6 Å². The van der Waals surface area contributed by atoms with Crippen LogP contribution in [0.5, 0.6) is 0 Å². The lowest BCUT2D eigenvalue weighted by molar-refractivity contribution is 0.487. The standard InChI is InChI=1S/C13H14ClNO/c14-12-5-3-10(4-6-12)11(9-15)8-13-2-1-7-16-13/h1-7,11H,8-9,15H2. The van der Waals surface area contributed by atoms with Gasteiger partial charge in [0.2, 0.25) is 0 Å². The highest BCUT2D eigenvalue weighted by atomic mass is 35.5. The number of halogens is 1. The molecule has 0 aliphatic rings. The third-order valence-corrected chi connectivity index (χ3v) is 2.91. The summed E-state index contributed by atoms with van der Waals surface area (Å²) in [5, 5.41) is 0.748. The average Bonchev–Trinajstić information content (AvgIpc) is 2.80. The summed E-state index contributed by atoms with van der Waals surface area (Å²) < 4.78 is 5.33. The van der Waals surface area contributed by atoms with E-state index in [9.17, 15) is 0 Å². The van der Waals surface area contributed by atoms with Crippen molar-refractivity contribution in [3.05, 3.63) is 59.0 Å². The van der Waals surface area contributed by atoms with Crippen molar-refractivity contribution in [1.29, 1.82) is 0 Å². The summed E-state index contributed by atoms with van der Waals surface area (Å²) in [7, 11) is 0. The van der Waals surface area contributed by atoms with Crippen LogP contribution in [-0.2, 0) is 6.42 Å². The minimum atomic E-state index is 0.281. The highest BCUT2D eigenvalue weighted by Gasteiger charge is 2.11. The van der Waals surface area contributed by atoms with Crippen LogP contribution in [0.25, 0.3) is 0 Å². The summed E-state index contributed by atoms with van der Waals surface area (Å²) in [6.07, 6.45) is 2.51. The van der Waals surface area contributed by atoms with Crippen LogP contribution in [0.3, 0.4) is 0 Å². The number of furan rings is 1. The quantitative estimate of drug-likeness (QED) is 0.884. The Bertz CT molecular complexity index is 422. The van der Waals surface area contributed by atoms with Gasteiger partial charge in [-0.1, -0.05) is 23.7 Å². The predicted molar refractivity (Wildman–Crippen MR) is 65.7 cm³/mol. The van der Waals surface area contributed by atoms with E-state index < -0.39 is 0 Å². The minimum Gasteiger partial charge on any atom is -0.469 e. The van der Waals surface area contributed by atoms with Gasteiger partial charge in [0, 0.05) is 17.4 Å². The molecule has 1 unspecified atom stereocenters. The van der Waals surface area contributed by atoms with Gasteiger partial charge in [-0.2, -0.15) is 0 Å². The van der Waals surface area contributed by atoms with Gasteiger partial charge in [0.15, 0.2) is 0 Å². The zero-order valence-corrected chi connectivity index (χ0v) is 9.65. The van der Waals surface area contributed by atoms with Crippen molar-refractivity contribution in [1.82, 2.24) is 0 Å². The Balaban J connectivity index is 2.13. The Morgan fingerprint density at radius 3 is 2.50 bits per heavy atom. The Hall–Kier alpha value is -1.25. The smallest absolute Gasteiger partial charge is 0.104 e. The van der Waals surface area contributed by atoms with E-state index in [0.29, 0.717) is 6.54 Å². The third kappa shape index (κ3) is 2.65. The van der Waals surface area contributed by atoms with E-state index in [0.717, 1.165) is 17.2 Å². The first-order valence-corrected chi connectivity index (χ1v) is 5.65. The lowest BCUT2D eigenvalue weighted by atomic mass is 9.95. The molecule has 16 heavy (non-hydrogen) atoms. The van der Waals surface area contributed by atoms with Crippen molar-refractivity contribution < 1.29 is 4.42 Å².